The summed E-state index contributed by atoms with van der Waals surface area (Å²) in [4.78, 5) is 0. The molecule has 0 aliphatic carbocycles. The summed E-state index contributed by atoms with van der Waals surface area (Å²) in [6.07, 6.45) is 3.15. The summed E-state index contributed by atoms with van der Waals surface area (Å²) < 4.78 is 0. The first kappa shape index (κ1) is 13.2. The molecule has 0 bridgehead atoms. The maximum absolute atomic E-state index is 8.67. The van der Waals surface area contributed by atoms with E-state index in [0.29, 0.717) is 12.6 Å². The molecule has 0 fully saturated rings. The van der Waals surface area contributed by atoms with Gasteiger partial charge >= 0.3 is 0 Å². The van der Waals surface area contributed by atoms with Crippen molar-refractivity contribution in [2.75, 3.05) is 13.2 Å². The number of aliphatic hydroxyl groups excluding tert-OH is 1. The minimum Gasteiger partial charge on any atom is -0.396 e. The van der Waals surface area contributed by atoms with Crippen LogP contribution in [0.2, 0.25) is 0 Å². The maximum Gasteiger partial charge on any atom is 0.0431 e. The van der Waals surface area contributed by atoms with E-state index in [1.54, 1.807) is 0 Å². The third kappa shape index (κ3) is 4.33. The Morgan fingerprint density at radius 2 is 1.94 bits per heavy atom. The van der Waals surface area contributed by atoms with Gasteiger partial charge in [-0.25, -0.2) is 0 Å². The molecule has 1 atom stereocenters. The van der Waals surface area contributed by atoms with Crippen molar-refractivity contribution in [3.8, 4) is 0 Å². The first-order chi connectivity index (χ1) is 7.75. The van der Waals surface area contributed by atoms with Gasteiger partial charge in [0.1, 0.15) is 0 Å². The van der Waals surface area contributed by atoms with Crippen LogP contribution in [0.4, 0.5) is 0 Å². The van der Waals surface area contributed by atoms with Gasteiger partial charge in [0.05, 0.1) is 0 Å². The molecule has 1 aromatic rings. The monoisotopic (exact) mass is 221 g/mol. The van der Waals surface area contributed by atoms with Gasteiger partial charge in [0.25, 0.3) is 0 Å². The minimum atomic E-state index is 0.313. The Balaban J connectivity index is 2.30. The summed E-state index contributed by atoms with van der Waals surface area (Å²) in [5.41, 5.74) is 2.72. The first-order valence-electron chi connectivity index (χ1n) is 6.15. The Morgan fingerprint density at radius 1 is 1.19 bits per heavy atom. The van der Waals surface area contributed by atoms with E-state index >= 15 is 0 Å². The molecule has 0 spiro atoms. The Labute approximate surface area is 98.7 Å². The maximum atomic E-state index is 8.67. The lowest BCUT2D eigenvalue weighted by molar-refractivity contribution is 0.282. The predicted octanol–water partition coefficient (Wildman–Crippen LogP) is 2.81. The molecule has 0 aliphatic heterocycles. The fraction of sp³-hybridized carbons (Fsp3) is 0.571. The number of unbranched alkanes of at least 4 members (excludes halogenated alkanes) is 2. The second kappa shape index (κ2) is 7.42. The van der Waals surface area contributed by atoms with Crippen LogP contribution in [0.3, 0.4) is 0 Å². The summed E-state index contributed by atoms with van der Waals surface area (Å²) >= 11 is 0. The lowest BCUT2D eigenvalue weighted by Gasteiger charge is -2.16. The fourth-order valence-corrected chi connectivity index (χ4v) is 1.91. The van der Waals surface area contributed by atoms with Gasteiger partial charge in [0.15, 0.2) is 0 Å². The van der Waals surface area contributed by atoms with Gasteiger partial charge in [0.2, 0.25) is 0 Å². The average Bonchev–Trinajstić information content (AvgIpc) is 2.29. The largest absolute Gasteiger partial charge is 0.396 e. The van der Waals surface area contributed by atoms with Crippen molar-refractivity contribution in [2.24, 2.45) is 0 Å². The van der Waals surface area contributed by atoms with E-state index in [1.165, 1.54) is 11.1 Å². The second-order valence-electron chi connectivity index (χ2n) is 4.32. The molecule has 0 saturated heterocycles. The molecule has 2 N–H and O–H groups in total. The Hall–Kier alpha value is -0.860. The van der Waals surface area contributed by atoms with Gasteiger partial charge in [-0.15, -0.1) is 0 Å². The molecule has 1 unspecified atom stereocenters. The van der Waals surface area contributed by atoms with Crippen molar-refractivity contribution in [1.29, 1.82) is 0 Å². The summed E-state index contributed by atoms with van der Waals surface area (Å²) in [7, 11) is 0. The molecule has 16 heavy (non-hydrogen) atoms. The summed E-state index contributed by atoms with van der Waals surface area (Å²) in [6.45, 7) is 5.69. The third-order valence-corrected chi connectivity index (χ3v) is 2.94. The van der Waals surface area contributed by atoms with Crippen LogP contribution in [0.15, 0.2) is 24.3 Å². The van der Waals surface area contributed by atoms with Crippen molar-refractivity contribution in [3.05, 3.63) is 35.4 Å². The van der Waals surface area contributed by atoms with Crippen molar-refractivity contribution >= 4 is 0 Å². The lowest BCUT2D eigenvalue weighted by atomic mass is 10.0. The summed E-state index contributed by atoms with van der Waals surface area (Å²) in [5, 5.41) is 12.2. The normalized spacial score (nSPS) is 12.7. The molecule has 2 nitrogen and oxygen atoms in total. The van der Waals surface area contributed by atoms with Gasteiger partial charge in [-0.3, -0.25) is 0 Å². The number of rotatable bonds is 7. The van der Waals surface area contributed by atoms with Crippen LogP contribution in [0.5, 0.6) is 0 Å². The molecule has 1 aromatic carbocycles. The number of aliphatic hydroxyl groups is 1. The molecule has 90 valence electrons. The molecule has 1 rings (SSSR count). The smallest absolute Gasteiger partial charge is 0.0431 e. The van der Waals surface area contributed by atoms with E-state index < -0.39 is 0 Å². The SMILES string of the molecule is Cc1ccccc1C(C)NCCCCCO. The number of aryl methyl sites for hydroxylation is 1. The molecule has 0 saturated carbocycles. The van der Waals surface area contributed by atoms with Gasteiger partial charge in [-0.05, 0) is 50.8 Å². The zero-order valence-corrected chi connectivity index (χ0v) is 10.4. The quantitative estimate of drug-likeness (QED) is 0.694. The van der Waals surface area contributed by atoms with Gasteiger partial charge < -0.3 is 10.4 Å². The Bertz CT molecular complexity index is 299. The predicted molar refractivity (Wildman–Crippen MR) is 68.5 cm³/mol. The number of benzene rings is 1. The molecule has 0 amide bonds. The Morgan fingerprint density at radius 3 is 2.62 bits per heavy atom. The lowest BCUT2D eigenvalue weighted by Crippen LogP contribution is -2.20. The first-order valence-corrected chi connectivity index (χ1v) is 6.15. The summed E-state index contributed by atoms with van der Waals surface area (Å²) in [5.74, 6) is 0. The molecule has 0 radical (unpaired) electrons. The van der Waals surface area contributed by atoms with E-state index in [0.717, 1.165) is 25.8 Å². The van der Waals surface area contributed by atoms with Gasteiger partial charge in [-0.2, -0.15) is 0 Å². The Kier molecular flexibility index (Phi) is 6.12. The van der Waals surface area contributed by atoms with Crippen molar-refractivity contribution in [3.63, 3.8) is 0 Å². The van der Waals surface area contributed by atoms with Crippen LogP contribution in [-0.2, 0) is 0 Å². The topological polar surface area (TPSA) is 32.3 Å². The van der Waals surface area contributed by atoms with E-state index in [4.69, 9.17) is 5.11 Å². The van der Waals surface area contributed by atoms with E-state index in [1.807, 2.05) is 0 Å². The fourth-order valence-electron chi connectivity index (χ4n) is 1.91. The van der Waals surface area contributed by atoms with Crippen molar-refractivity contribution in [1.82, 2.24) is 5.32 Å². The minimum absolute atomic E-state index is 0.313. The van der Waals surface area contributed by atoms with E-state index in [2.05, 4.69) is 43.4 Å². The third-order valence-electron chi connectivity index (χ3n) is 2.94. The van der Waals surface area contributed by atoms with Gasteiger partial charge in [-0.1, -0.05) is 24.3 Å². The number of hydrogen-bond donors (Lipinski definition) is 2. The van der Waals surface area contributed by atoms with Gasteiger partial charge in [0, 0.05) is 12.6 Å². The average molecular weight is 221 g/mol. The molecular weight excluding hydrogens is 198 g/mol. The highest BCUT2D eigenvalue weighted by Crippen LogP contribution is 2.16. The number of nitrogens with one attached hydrogen (secondary N) is 1. The zero-order valence-electron chi connectivity index (χ0n) is 10.4. The molecule has 0 aromatic heterocycles. The second-order valence-corrected chi connectivity index (χ2v) is 4.32. The zero-order chi connectivity index (χ0) is 11.8. The standard InChI is InChI=1S/C14H23NO/c1-12-8-4-5-9-14(12)13(2)15-10-6-3-7-11-16/h4-5,8-9,13,15-16H,3,6-7,10-11H2,1-2H3. The van der Waals surface area contributed by atoms with E-state index in [-0.39, 0.29) is 0 Å². The van der Waals surface area contributed by atoms with Crippen LogP contribution in [0, 0.1) is 6.92 Å². The molecule has 0 heterocycles. The van der Waals surface area contributed by atoms with Crippen molar-refractivity contribution < 1.29 is 5.11 Å². The highest BCUT2D eigenvalue weighted by atomic mass is 16.2. The van der Waals surface area contributed by atoms with Crippen LogP contribution in [-0.4, -0.2) is 18.3 Å². The van der Waals surface area contributed by atoms with Crippen LogP contribution >= 0.6 is 0 Å². The number of hydrogen-bond acceptors (Lipinski definition) is 2. The van der Waals surface area contributed by atoms with Crippen LogP contribution in [0.1, 0.15) is 43.4 Å². The van der Waals surface area contributed by atoms with Crippen LogP contribution in [0.25, 0.3) is 0 Å². The highest BCUT2D eigenvalue weighted by molar-refractivity contribution is 5.28. The molecule has 0 aliphatic rings. The van der Waals surface area contributed by atoms with E-state index in [9.17, 15) is 0 Å². The molecule has 2 heteroatoms. The molecular formula is C14H23NO. The van der Waals surface area contributed by atoms with Crippen LogP contribution < -0.4 is 5.32 Å². The van der Waals surface area contributed by atoms with Crippen molar-refractivity contribution in [2.45, 2.75) is 39.2 Å². The summed E-state index contributed by atoms with van der Waals surface area (Å²) in [6, 6.07) is 8.91. The highest BCUT2D eigenvalue weighted by Gasteiger charge is 2.05.